The molecule has 11 heteroatoms. The minimum atomic E-state index is -3.93. The SMILES string of the molecule is CN(CCCN(C)c1cc(Br)ccc1S(=O)(=O)NC12CCCC1CS(=O)(=O)C2)Cc1ccco1. The Hall–Kier alpha value is -1.40. The van der Waals surface area contributed by atoms with E-state index >= 15 is 0 Å². The van der Waals surface area contributed by atoms with Gasteiger partial charge >= 0.3 is 0 Å². The standard InChI is InChI=1S/C23H32BrN3O5S2/c1-26(15-20-7-4-13-32-20)11-5-12-27(2)21-14-19(24)8-9-22(21)34(30,31)25-23-10-3-6-18(23)16-33(28,29)17-23/h4,7-9,13-14,18,25H,3,5-6,10-12,15-17H2,1-2H3. The number of benzene rings is 1. The van der Waals surface area contributed by atoms with Crippen LogP contribution in [-0.4, -0.2) is 66.0 Å². The van der Waals surface area contributed by atoms with Crippen molar-refractivity contribution in [3.8, 4) is 0 Å². The number of furan rings is 1. The van der Waals surface area contributed by atoms with Gasteiger partial charge in [0.05, 0.1) is 35.5 Å². The largest absolute Gasteiger partial charge is 0.468 e. The van der Waals surface area contributed by atoms with E-state index in [0.717, 1.165) is 36.0 Å². The number of sulfone groups is 1. The van der Waals surface area contributed by atoms with E-state index in [9.17, 15) is 16.8 Å². The van der Waals surface area contributed by atoms with Crippen LogP contribution in [-0.2, 0) is 26.4 Å². The van der Waals surface area contributed by atoms with Gasteiger partial charge in [0, 0.05) is 18.1 Å². The first-order chi connectivity index (χ1) is 16.0. The van der Waals surface area contributed by atoms with Crippen LogP contribution in [0.5, 0.6) is 0 Å². The van der Waals surface area contributed by atoms with Gasteiger partial charge in [0.15, 0.2) is 9.84 Å². The van der Waals surface area contributed by atoms with E-state index in [2.05, 4.69) is 25.6 Å². The molecule has 1 aromatic carbocycles. The van der Waals surface area contributed by atoms with Crippen LogP contribution >= 0.6 is 15.9 Å². The van der Waals surface area contributed by atoms with Crippen molar-refractivity contribution in [1.82, 2.24) is 9.62 Å². The Morgan fingerprint density at radius 3 is 2.76 bits per heavy atom. The molecule has 0 amide bonds. The topological polar surface area (TPSA) is 99.9 Å². The molecule has 8 nitrogen and oxygen atoms in total. The number of anilines is 1. The summed E-state index contributed by atoms with van der Waals surface area (Å²) in [7, 11) is -3.27. The molecule has 1 aliphatic carbocycles. The van der Waals surface area contributed by atoms with E-state index < -0.39 is 25.4 Å². The summed E-state index contributed by atoms with van der Waals surface area (Å²) in [5.74, 6) is 0.691. The van der Waals surface area contributed by atoms with E-state index in [1.807, 2.05) is 31.1 Å². The summed E-state index contributed by atoms with van der Waals surface area (Å²) in [4.78, 5) is 4.27. The lowest BCUT2D eigenvalue weighted by Gasteiger charge is -2.30. The first kappa shape index (κ1) is 25.7. The van der Waals surface area contributed by atoms with Crippen LogP contribution in [0.15, 0.2) is 50.4 Å². The van der Waals surface area contributed by atoms with Crippen molar-refractivity contribution < 1.29 is 21.3 Å². The van der Waals surface area contributed by atoms with Crippen molar-refractivity contribution in [1.29, 1.82) is 0 Å². The van der Waals surface area contributed by atoms with Crippen molar-refractivity contribution in [2.45, 2.75) is 42.7 Å². The molecule has 1 aliphatic heterocycles. The minimum Gasteiger partial charge on any atom is -0.468 e. The van der Waals surface area contributed by atoms with Crippen molar-refractivity contribution in [2.24, 2.45) is 5.92 Å². The summed E-state index contributed by atoms with van der Waals surface area (Å²) >= 11 is 3.46. The lowest BCUT2D eigenvalue weighted by Crippen LogP contribution is -2.51. The highest BCUT2D eigenvalue weighted by Crippen LogP contribution is 2.44. The fraction of sp³-hybridized carbons (Fsp3) is 0.565. The maximum Gasteiger partial charge on any atom is 0.243 e. The van der Waals surface area contributed by atoms with Crippen molar-refractivity contribution in [2.75, 3.05) is 43.6 Å². The molecule has 1 N–H and O–H groups in total. The molecule has 1 saturated heterocycles. The zero-order valence-corrected chi connectivity index (χ0v) is 22.8. The molecule has 2 aromatic rings. The number of hydrogen-bond acceptors (Lipinski definition) is 7. The lowest BCUT2D eigenvalue weighted by atomic mass is 9.92. The summed E-state index contributed by atoms with van der Waals surface area (Å²) in [6, 6.07) is 8.91. The molecule has 2 unspecified atom stereocenters. The maximum absolute atomic E-state index is 13.6. The molecule has 2 atom stereocenters. The Labute approximate surface area is 210 Å². The highest BCUT2D eigenvalue weighted by molar-refractivity contribution is 9.10. The first-order valence-electron chi connectivity index (χ1n) is 11.5. The zero-order valence-electron chi connectivity index (χ0n) is 19.5. The zero-order chi connectivity index (χ0) is 24.6. The summed E-state index contributed by atoms with van der Waals surface area (Å²) in [6.45, 7) is 2.19. The molecule has 4 rings (SSSR count). The number of halogens is 1. The van der Waals surface area contributed by atoms with Gasteiger partial charge in [-0.3, -0.25) is 4.90 Å². The lowest BCUT2D eigenvalue weighted by molar-refractivity contribution is 0.292. The second-order valence-corrected chi connectivity index (χ2v) is 14.3. The number of nitrogens with zero attached hydrogens (tertiary/aromatic N) is 2. The van der Waals surface area contributed by atoms with Gasteiger partial charge in [-0.15, -0.1) is 0 Å². The molecule has 2 heterocycles. The fourth-order valence-electron chi connectivity index (χ4n) is 5.28. The smallest absolute Gasteiger partial charge is 0.243 e. The Kier molecular flexibility index (Phi) is 7.50. The molecular formula is C23H32BrN3O5S2. The quantitative estimate of drug-likeness (QED) is 0.465. The maximum atomic E-state index is 13.6. The van der Waals surface area contributed by atoms with E-state index in [4.69, 9.17) is 4.42 Å². The Bertz CT molecular complexity index is 1220. The third-order valence-electron chi connectivity index (χ3n) is 6.89. The van der Waals surface area contributed by atoms with Crippen LogP contribution in [0, 0.1) is 5.92 Å². The highest BCUT2D eigenvalue weighted by atomic mass is 79.9. The Morgan fingerprint density at radius 2 is 2.03 bits per heavy atom. The number of rotatable bonds is 10. The van der Waals surface area contributed by atoms with Gasteiger partial charge in [0.1, 0.15) is 10.7 Å². The predicted octanol–water partition coefficient (Wildman–Crippen LogP) is 3.25. The predicted molar refractivity (Wildman–Crippen MR) is 136 cm³/mol. The molecule has 1 saturated carbocycles. The Balaban J connectivity index is 1.47. The van der Waals surface area contributed by atoms with E-state index in [1.54, 1.807) is 24.5 Å². The monoisotopic (exact) mass is 573 g/mol. The molecular weight excluding hydrogens is 542 g/mol. The number of nitrogens with one attached hydrogen (secondary N) is 1. The van der Waals surface area contributed by atoms with Gasteiger partial charge in [-0.25, -0.2) is 21.6 Å². The van der Waals surface area contributed by atoms with Crippen LogP contribution in [0.1, 0.15) is 31.4 Å². The third-order valence-corrected chi connectivity index (χ3v) is 10.8. The van der Waals surface area contributed by atoms with Crippen molar-refractivity contribution in [3.05, 3.63) is 46.8 Å². The molecule has 1 aromatic heterocycles. The molecule has 0 radical (unpaired) electrons. The molecule has 188 valence electrons. The minimum absolute atomic E-state index is 0.0636. The molecule has 2 aliphatic rings. The Morgan fingerprint density at radius 1 is 1.24 bits per heavy atom. The molecule has 0 spiro atoms. The number of fused-ring (bicyclic) bond motifs is 1. The number of sulfonamides is 1. The van der Waals surface area contributed by atoms with Gasteiger partial charge in [-0.1, -0.05) is 22.4 Å². The van der Waals surface area contributed by atoms with Crippen molar-refractivity contribution in [3.63, 3.8) is 0 Å². The van der Waals surface area contributed by atoms with Gasteiger partial charge in [-0.2, -0.15) is 0 Å². The third kappa shape index (κ3) is 5.70. The molecule has 34 heavy (non-hydrogen) atoms. The van der Waals surface area contributed by atoms with Crippen LogP contribution in [0.4, 0.5) is 5.69 Å². The summed E-state index contributed by atoms with van der Waals surface area (Å²) in [5, 5.41) is 0. The van der Waals surface area contributed by atoms with Gasteiger partial charge in [0.2, 0.25) is 10.0 Å². The van der Waals surface area contributed by atoms with Gasteiger partial charge in [-0.05, 0) is 69.1 Å². The van der Waals surface area contributed by atoms with Crippen LogP contribution in [0.2, 0.25) is 0 Å². The van der Waals surface area contributed by atoms with Crippen LogP contribution < -0.4 is 9.62 Å². The first-order valence-corrected chi connectivity index (χ1v) is 15.6. The average molecular weight is 575 g/mol. The van der Waals surface area contributed by atoms with E-state index in [0.29, 0.717) is 25.2 Å². The molecule has 2 fully saturated rings. The summed E-state index contributed by atoms with van der Waals surface area (Å²) in [6.07, 6.45) is 4.62. The normalized spacial score (nSPS) is 23.9. The molecule has 0 bridgehead atoms. The average Bonchev–Trinajstić information content (AvgIpc) is 3.41. The fourth-order valence-corrected chi connectivity index (χ4v) is 9.90. The van der Waals surface area contributed by atoms with E-state index in [-0.39, 0.29) is 22.3 Å². The van der Waals surface area contributed by atoms with Gasteiger partial charge in [0.25, 0.3) is 0 Å². The van der Waals surface area contributed by atoms with Crippen LogP contribution in [0.25, 0.3) is 0 Å². The van der Waals surface area contributed by atoms with Crippen LogP contribution in [0.3, 0.4) is 0 Å². The summed E-state index contributed by atoms with van der Waals surface area (Å²) < 4.78 is 60.8. The summed E-state index contributed by atoms with van der Waals surface area (Å²) in [5.41, 5.74) is -0.308. The number of hydrogen-bond donors (Lipinski definition) is 1. The van der Waals surface area contributed by atoms with Gasteiger partial charge < -0.3 is 9.32 Å². The highest BCUT2D eigenvalue weighted by Gasteiger charge is 2.54. The second-order valence-electron chi connectivity index (χ2n) is 9.61. The van der Waals surface area contributed by atoms with Crippen molar-refractivity contribution >= 4 is 41.5 Å². The second kappa shape index (κ2) is 9.93. The van der Waals surface area contributed by atoms with E-state index in [1.165, 1.54) is 0 Å².